The summed E-state index contributed by atoms with van der Waals surface area (Å²) in [4.78, 5) is 3.10. The normalized spacial score (nSPS) is 12.6. The molecule has 8 heteroatoms. The number of pyridine rings is 1. The van der Waals surface area contributed by atoms with E-state index >= 15 is 0 Å². The largest absolute Gasteiger partial charge is 0.433 e. The summed E-state index contributed by atoms with van der Waals surface area (Å²) in [5, 5.41) is 2.18. The standard InChI is InChI=1S/C9H10F5N3/c10-8(11,4-15)5-17-6-1-2-16-7(3-6)9(12,13)14/h1-3H,4-5,15H2,(H,16,17). The SMILES string of the molecule is NCC(F)(F)CNc1ccnc(C(F)(F)F)c1. The number of anilines is 1. The number of nitrogens with one attached hydrogen (secondary N) is 1. The fourth-order valence-electron chi connectivity index (χ4n) is 0.999. The first-order valence-electron chi connectivity index (χ1n) is 4.59. The number of halogens is 5. The zero-order chi connectivity index (χ0) is 13.1. The summed E-state index contributed by atoms with van der Waals surface area (Å²) in [5.41, 5.74) is 3.56. The van der Waals surface area contributed by atoms with Gasteiger partial charge in [-0.05, 0) is 12.1 Å². The summed E-state index contributed by atoms with van der Waals surface area (Å²) in [6, 6.07) is 1.83. The minimum atomic E-state index is -4.60. The molecule has 1 aromatic rings. The Labute approximate surface area is 93.8 Å². The van der Waals surface area contributed by atoms with E-state index in [0.29, 0.717) is 6.07 Å². The van der Waals surface area contributed by atoms with Crippen LogP contribution in [-0.4, -0.2) is 24.0 Å². The molecule has 3 N–H and O–H groups in total. The molecule has 1 heterocycles. The van der Waals surface area contributed by atoms with Gasteiger partial charge in [0.15, 0.2) is 0 Å². The summed E-state index contributed by atoms with van der Waals surface area (Å²) < 4.78 is 62.2. The predicted octanol–water partition coefficient (Wildman–Crippen LogP) is 2.11. The van der Waals surface area contributed by atoms with Crippen LogP contribution in [0.5, 0.6) is 0 Å². The Morgan fingerprint density at radius 1 is 1.24 bits per heavy atom. The number of aromatic nitrogens is 1. The minimum absolute atomic E-state index is 0.0829. The van der Waals surface area contributed by atoms with Crippen molar-refractivity contribution in [3.63, 3.8) is 0 Å². The molecule has 17 heavy (non-hydrogen) atoms. The summed E-state index contributed by atoms with van der Waals surface area (Å²) in [6.07, 6.45) is -3.71. The molecule has 0 fully saturated rings. The van der Waals surface area contributed by atoms with Gasteiger partial charge in [-0.15, -0.1) is 0 Å². The van der Waals surface area contributed by atoms with Gasteiger partial charge in [0.05, 0.1) is 13.1 Å². The van der Waals surface area contributed by atoms with E-state index in [4.69, 9.17) is 5.73 Å². The molecule has 0 amide bonds. The topological polar surface area (TPSA) is 50.9 Å². The second-order valence-electron chi connectivity index (χ2n) is 3.34. The highest BCUT2D eigenvalue weighted by atomic mass is 19.4. The first-order valence-corrected chi connectivity index (χ1v) is 4.59. The van der Waals surface area contributed by atoms with Crippen LogP contribution in [0.15, 0.2) is 18.3 Å². The lowest BCUT2D eigenvalue weighted by atomic mass is 10.3. The van der Waals surface area contributed by atoms with Gasteiger partial charge in [0.2, 0.25) is 0 Å². The van der Waals surface area contributed by atoms with Crippen molar-refractivity contribution in [2.24, 2.45) is 5.73 Å². The molecule has 0 saturated heterocycles. The molecule has 0 saturated carbocycles. The van der Waals surface area contributed by atoms with Crippen LogP contribution in [0.4, 0.5) is 27.6 Å². The number of nitrogens with two attached hydrogens (primary N) is 1. The molecule has 0 aliphatic rings. The van der Waals surface area contributed by atoms with Gasteiger partial charge in [-0.3, -0.25) is 4.98 Å². The lowest BCUT2D eigenvalue weighted by Crippen LogP contribution is -2.35. The van der Waals surface area contributed by atoms with E-state index < -0.39 is 30.9 Å². The minimum Gasteiger partial charge on any atom is -0.379 e. The first kappa shape index (κ1) is 13.6. The van der Waals surface area contributed by atoms with E-state index in [1.165, 1.54) is 6.07 Å². The molecule has 0 aliphatic carbocycles. The van der Waals surface area contributed by atoms with Crippen LogP contribution >= 0.6 is 0 Å². The number of hydrogen-bond acceptors (Lipinski definition) is 3. The maximum absolute atomic E-state index is 12.7. The molecule has 0 spiro atoms. The molecule has 0 radical (unpaired) electrons. The maximum Gasteiger partial charge on any atom is 0.433 e. The van der Waals surface area contributed by atoms with Crippen molar-refractivity contribution in [1.29, 1.82) is 0 Å². The van der Waals surface area contributed by atoms with Crippen molar-refractivity contribution in [1.82, 2.24) is 4.98 Å². The molecular formula is C9H10F5N3. The lowest BCUT2D eigenvalue weighted by Gasteiger charge is -2.16. The van der Waals surface area contributed by atoms with Crippen LogP contribution in [0.3, 0.4) is 0 Å². The van der Waals surface area contributed by atoms with E-state index in [2.05, 4.69) is 10.3 Å². The molecule has 0 bridgehead atoms. The molecular weight excluding hydrogens is 245 g/mol. The maximum atomic E-state index is 12.7. The average molecular weight is 255 g/mol. The second kappa shape index (κ2) is 4.82. The molecule has 0 aromatic carbocycles. The fraction of sp³-hybridized carbons (Fsp3) is 0.444. The van der Waals surface area contributed by atoms with Gasteiger partial charge in [0.25, 0.3) is 5.92 Å². The zero-order valence-corrected chi connectivity index (χ0v) is 8.56. The fourth-order valence-corrected chi connectivity index (χ4v) is 0.999. The Kier molecular flexibility index (Phi) is 3.87. The van der Waals surface area contributed by atoms with E-state index in [0.717, 1.165) is 6.20 Å². The highest BCUT2D eigenvalue weighted by Gasteiger charge is 2.33. The quantitative estimate of drug-likeness (QED) is 0.810. The molecule has 0 unspecified atom stereocenters. The Morgan fingerprint density at radius 3 is 2.41 bits per heavy atom. The van der Waals surface area contributed by atoms with Crippen molar-refractivity contribution in [2.45, 2.75) is 12.1 Å². The third kappa shape index (κ3) is 4.14. The van der Waals surface area contributed by atoms with Crippen molar-refractivity contribution in [3.05, 3.63) is 24.0 Å². The smallest absolute Gasteiger partial charge is 0.379 e. The number of nitrogens with zero attached hydrogens (tertiary/aromatic N) is 1. The van der Waals surface area contributed by atoms with Crippen molar-refractivity contribution >= 4 is 5.69 Å². The van der Waals surface area contributed by atoms with Gasteiger partial charge >= 0.3 is 6.18 Å². The third-order valence-electron chi connectivity index (χ3n) is 1.90. The van der Waals surface area contributed by atoms with Crippen molar-refractivity contribution in [2.75, 3.05) is 18.4 Å². The van der Waals surface area contributed by atoms with Gasteiger partial charge in [0.1, 0.15) is 5.69 Å². The molecule has 0 aliphatic heterocycles. The van der Waals surface area contributed by atoms with Crippen molar-refractivity contribution in [3.8, 4) is 0 Å². The summed E-state index contributed by atoms with van der Waals surface area (Å²) >= 11 is 0. The zero-order valence-electron chi connectivity index (χ0n) is 8.56. The van der Waals surface area contributed by atoms with E-state index in [1.54, 1.807) is 0 Å². The van der Waals surface area contributed by atoms with Crippen molar-refractivity contribution < 1.29 is 22.0 Å². The first-order chi connectivity index (χ1) is 7.74. The Hall–Kier alpha value is -1.44. The van der Waals surface area contributed by atoms with Gasteiger partial charge in [-0.2, -0.15) is 13.2 Å². The van der Waals surface area contributed by atoms with Gasteiger partial charge in [-0.25, -0.2) is 8.78 Å². The summed E-state index contributed by atoms with van der Waals surface area (Å²) in [5.74, 6) is -3.17. The van der Waals surface area contributed by atoms with Crippen LogP contribution in [-0.2, 0) is 6.18 Å². The number of alkyl halides is 5. The van der Waals surface area contributed by atoms with Crippen LogP contribution in [0.2, 0.25) is 0 Å². The average Bonchev–Trinajstić information content (AvgIpc) is 2.26. The van der Waals surface area contributed by atoms with Crippen LogP contribution in [0.1, 0.15) is 5.69 Å². The number of hydrogen-bond donors (Lipinski definition) is 2. The highest BCUT2D eigenvalue weighted by molar-refractivity contribution is 5.44. The van der Waals surface area contributed by atoms with Crippen LogP contribution in [0, 0.1) is 0 Å². The predicted molar refractivity (Wildman–Crippen MR) is 51.7 cm³/mol. The van der Waals surface area contributed by atoms with Gasteiger partial charge in [-0.1, -0.05) is 0 Å². The summed E-state index contributed by atoms with van der Waals surface area (Å²) in [6.45, 7) is -1.71. The van der Waals surface area contributed by atoms with Crippen LogP contribution in [0.25, 0.3) is 0 Å². The monoisotopic (exact) mass is 255 g/mol. The Bertz CT molecular complexity index is 377. The molecule has 1 rings (SSSR count). The second-order valence-corrected chi connectivity index (χ2v) is 3.34. The molecule has 1 aromatic heterocycles. The number of rotatable bonds is 4. The van der Waals surface area contributed by atoms with Crippen LogP contribution < -0.4 is 11.1 Å². The van der Waals surface area contributed by atoms with E-state index in [-0.39, 0.29) is 5.69 Å². The Balaban J connectivity index is 2.74. The lowest BCUT2D eigenvalue weighted by molar-refractivity contribution is -0.141. The van der Waals surface area contributed by atoms with Gasteiger partial charge in [0, 0.05) is 11.9 Å². The Morgan fingerprint density at radius 2 is 1.88 bits per heavy atom. The van der Waals surface area contributed by atoms with E-state index in [1.807, 2.05) is 0 Å². The van der Waals surface area contributed by atoms with Gasteiger partial charge < -0.3 is 11.1 Å². The molecule has 3 nitrogen and oxygen atoms in total. The molecule has 96 valence electrons. The third-order valence-corrected chi connectivity index (χ3v) is 1.90. The highest BCUT2D eigenvalue weighted by Crippen LogP contribution is 2.28. The van der Waals surface area contributed by atoms with E-state index in [9.17, 15) is 22.0 Å². The summed E-state index contributed by atoms with van der Waals surface area (Å²) in [7, 11) is 0. The molecule has 0 atom stereocenters.